The van der Waals surface area contributed by atoms with Crippen LogP contribution in [0.15, 0.2) is 29.4 Å². The van der Waals surface area contributed by atoms with Crippen LogP contribution >= 0.6 is 47.2 Å². The molecule has 2 rings (SSSR count). The van der Waals surface area contributed by atoms with E-state index in [0.29, 0.717) is 10.0 Å². The number of hydrogen-bond donors (Lipinski definition) is 2. The summed E-state index contributed by atoms with van der Waals surface area (Å²) >= 11 is 12.0. The van der Waals surface area contributed by atoms with Gasteiger partial charge in [0, 0.05) is 28.9 Å². The van der Waals surface area contributed by atoms with Gasteiger partial charge in [0.15, 0.2) is 11.7 Å². The Morgan fingerprint density at radius 3 is 2.62 bits per heavy atom. The average molecular weight is 522 g/mol. The molecule has 3 N–H and O–H groups in total. The lowest BCUT2D eigenvalue weighted by molar-refractivity contribution is -0.142. The third kappa shape index (κ3) is 5.92. The first-order valence-electron chi connectivity index (χ1n) is 7.19. The first-order chi connectivity index (χ1) is 11.6. The number of rotatable bonds is 4. The minimum absolute atomic E-state index is 0. The van der Waals surface area contributed by atoms with Gasteiger partial charge >= 0.3 is 6.18 Å². The average Bonchev–Trinajstić information content (AvgIpc) is 2.86. The van der Waals surface area contributed by atoms with Crippen molar-refractivity contribution in [3.8, 4) is 0 Å². The molecule has 0 aliphatic carbocycles. The molecule has 1 atom stereocenters. The number of halogens is 6. The Labute approximate surface area is 175 Å². The van der Waals surface area contributed by atoms with Crippen molar-refractivity contribution in [3.05, 3.63) is 51.3 Å². The van der Waals surface area contributed by atoms with Crippen LogP contribution in [0.4, 0.5) is 13.2 Å². The minimum Gasteiger partial charge on any atom is -0.370 e. The van der Waals surface area contributed by atoms with Crippen molar-refractivity contribution >= 4 is 53.1 Å². The Bertz CT molecular complexity index is 792. The lowest BCUT2D eigenvalue weighted by Crippen LogP contribution is -2.34. The molecule has 26 heavy (non-hydrogen) atoms. The second-order valence-electron chi connectivity index (χ2n) is 5.41. The Balaban J connectivity index is 0.00000338. The topological polar surface area (TPSA) is 68.2 Å². The summed E-state index contributed by atoms with van der Waals surface area (Å²) in [5.74, 6) is -0.00417. The van der Waals surface area contributed by atoms with E-state index < -0.39 is 11.9 Å². The molecule has 144 valence electrons. The monoisotopic (exact) mass is 521 g/mol. The molecule has 5 nitrogen and oxygen atoms in total. The number of aryl methyl sites for hydroxylation is 1. The molecule has 1 unspecified atom stereocenters. The summed E-state index contributed by atoms with van der Waals surface area (Å²) < 4.78 is 39.8. The van der Waals surface area contributed by atoms with Crippen molar-refractivity contribution in [2.45, 2.75) is 25.7 Å². The molecule has 0 aliphatic heterocycles. The standard InChI is InChI=1S/C15H16Cl2F3N5.HI/c1-8(11-4-3-10(16)5-12(11)17)23-14(21)22-6-9-7-25(2)24-13(9)15(18,19)20;/h3-5,7-8H,6H2,1-2H3,(H3,21,22,23);1H. The van der Waals surface area contributed by atoms with Gasteiger partial charge in [0.1, 0.15) is 0 Å². The summed E-state index contributed by atoms with van der Waals surface area (Å²) in [7, 11) is 1.41. The van der Waals surface area contributed by atoms with Crippen molar-refractivity contribution in [2.75, 3.05) is 0 Å². The fourth-order valence-corrected chi connectivity index (χ4v) is 2.83. The molecule has 0 spiro atoms. The fraction of sp³-hybridized carbons (Fsp3) is 0.333. The predicted octanol–water partition coefficient (Wildman–Crippen LogP) is 4.53. The Hall–Kier alpha value is -1.20. The van der Waals surface area contributed by atoms with Crippen LogP contribution < -0.4 is 11.1 Å². The summed E-state index contributed by atoms with van der Waals surface area (Å²) in [4.78, 5) is 3.96. The highest BCUT2D eigenvalue weighted by Crippen LogP contribution is 2.31. The fourth-order valence-electron chi connectivity index (χ4n) is 2.26. The maximum Gasteiger partial charge on any atom is 0.435 e. The maximum absolute atomic E-state index is 12.9. The number of alkyl halides is 3. The van der Waals surface area contributed by atoms with Gasteiger partial charge in [-0.15, -0.1) is 24.0 Å². The Kier molecular flexibility index (Phi) is 8.03. The van der Waals surface area contributed by atoms with Crippen LogP contribution in [0.1, 0.15) is 29.8 Å². The zero-order chi connectivity index (χ0) is 18.8. The minimum atomic E-state index is -4.54. The lowest BCUT2D eigenvalue weighted by Gasteiger charge is -2.16. The van der Waals surface area contributed by atoms with E-state index in [1.807, 2.05) is 0 Å². The number of nitrogens with zero attached hydrogens (tertiary/aromatic N) is 3. The van der Waals surface area contributed by atoms with E-state index in [4.69, 9.17) is 28.9 Å². The van der Waals surface area contributed by atoms with Crippen LogP contribution in [-0.2, 0) is 19.8 Å². The number of guanidine groups is 1. The quantitative estimate of drug-likeness (QED) is 0.353. The van der Waals surface area contributed by atoms with Crippen LogP contribution in [0.3, 0.4) is 0 Å². The van der Waals surface area contributed by atoms with Gasteiger partial charge in [-0.1, -0.05) is 29.3 Å². The number of hydrogen-bond acceptors (Lipinski definition) is 2. The van der Waals surface area contributed by atoms with Crippen molar-refractivity contribution in [2.24, 2.45) is 17.8 Å². The van der Waals surface area contributed by atoms with Gasteiger partial charge in [-0.25, -0.2) is 4.99 Å². The lowest BCUT2D eigenvalue weighted by atomic mass is 10.1. The SMILES string of the molecule is CC(NC(N)=NCc1cn(C)nc1C(F)(F)F)c1ccc(Cl)cc1Cl.I. The summed E-state index contributed by atoms with van der Waals surface area (Å²) in [6, 6.07) is 4.71. The zero-order valence-electron chi connectivity index (χ0n) is 13.8. The van der Waals surface area contributed by atoms with Gasteiger partial charge in [0.05, 0.1) is 12.6 Å². The molecule has 0 saturated carbocycles. The molecule has 0 radical (unpaired) electrons. The van der Waals surface area contributed by atoms with Gasteiger partial charge in [0.25, 0.3) is 0 Å². The van der Waals surface area contributed by atoms with Crippen molar-refractivity contribution < 1.29 is 13.2 Å². The molecule has 0 bridgehead atoms. The summed E-state index contributed by atoms with van der Waals surface area (Å²) in [6.07, 6.45) is -3.28. The smallest absolute Gasteiger partial charge is 0.370 e. The predicted molar refractivity (Wildman–Crippen MR) is 107 cm³/mol. The van der Waals surface area contributed by atoms with E-state index >= 15 is 0 Å². The van der Waals surface area contributed by atoms with E-state index in [1.165, 1.54) is 13.2 Å². The molecule has 2 aromatic rings. The van der Waals surface area contributed by atoms with Gasteiger partial charge in [0.2, 0.25) is 0 Å². The number of benzene rings is 1. The molecule has 1 aromatic carbocycles. The highest BCUT2D eigenvalue weighted by atomic mass is 127. The first kappa shape index (κ1) is 22.8. The molecule has 0 amide bonds. The van der Waals surface area contributed by atoms with Gasteiger partial charge < -0.3 is 11.1 Å². The number of nitrogens with two attached hydrogens (primary N) is 1. The Morgan fingerprint density at radius 2 is 2.04 bits per heavy atom. The molecular weight excluding hydrogens is 505 g/mol. The van der Waals surface area contributed by atoms with Crippen LogP contribution in [0.5, 0.6) is 0 Å². The van der Waals surface area contributed by atoms with Crippen LogP contribution in [0.2, 0.25) is 10.0 Å². The van der Waals surface area contributed by atoms with Crippen molar-refractivity contribution in [3.63, 3.8) is 0 Å². The van der Waals surface area contributed by atoms with E-state index in [9.17, 15) is 13.2 Å². The van der Waals surface area contributed by atoms with Crippen LogP contribution in [0.25, 0.3) is 0 Å². The van der Waals surface area contributed by atoms with Crippen molar-refractivity contribution in [1.82, 2.24) is 15.1 Å². The number of aromatic nitrogens is 2. The van der Waals surface area contributed by atoms with Crippen LogP contribution in [0, 0.1) is 0 Å². The molecule has 11 heteroatoms. The third-order valence-corrected chi connectivity index (χ3v) is 3.95. The van der Waals surface area contributed by atoms with E-state index in [0.717, 1.165) is 10.2 Å². The highest BCUT2D eigenvalue weighted by Gasteiger charge is 2.36. The molecule has 0 fully saturated rings. The van der Waals surface area contributed by atoms with Gasteiger partial charge in [-0.2, -0.15) is 18.3 Å². The molecular formula is C15H17Cl2F3IN5. The number of aliphatic imine (C=N–C) groups is 1. The summed E-state index contributed by atoms with van der Waals surface area (Å²) in [5.41, 5.74) is 5.47. The normalized spacial score (nSPS) is 13.3. The Morgan fingerprint density at radius 1 is 1.38 bits per heavy atom. The first-order valence-corrected chi connectivity index (χ1v) is 7.94. The molecule has 0 aliphatic rings. The summed E-state index contributed by atoms with van der Waals surface area (Å²) in [5, 5.41) is 7.25. The molecule has 1 heterocycles. The van der Waals surface area contributed by atoms with Gasteiger partial charge in [-0.05, 0) is 24.6 Å². The van der Waals surface area contributed by atoms with Crippen molar-refractivity contribution in [1.29, 1.82) is 0 Å². The van der Waals surface area contributed by atoms with E-state index in [-0.39, 0.29) is 48.1 Å². The highest BCUT2D eigenvalue weighted by molar-refractivity contribution is 14.0. The van der Waals surface area contributed by atoms with Crippen LogP contribution in [-0.4, -0.2) is 15.7 Å². The summed E-state index contributed by atoms with van der Waals surface area (Å²) in [6.45, 7) is 1.55. The second-order valence-corrected chi connectivity index (χ2v) is 6.25. The molecule has 1 aromatic heterocycles. The number of nitrogens with one attached hydrogen (secondary N) is 1. The molecule has 0 saturated heterocycles. The van der Waals surface area contributed by atoms with E-state index in [2.05, 4.69) is 15.4 Å². The maximum atomic E-state index is 12.9. The zero-order valence-corrected chi connectivity index (χ0v) is 17.7. The van der Waals surface area contributed by atoms with Gasteiger partial charge in [-0.3, -0.25) is 4.68 Å². The largest absolute Gasteiger partial charge is 0.435 e. The second kappa shape index (κ2) is 9.14. The van der Waals surface area contributed by atoms with E-state index in [1.54, 1.807) is 25.1 Å². The third-order valence-electron chi connectivity index (χ3n) is 3.39.